The average Bonchev–Trinajstić information content (AvgIpc) is 2.85. The molecule has 0 fully saturated rings. The van der Waals surface area contributed by atoms with Gasteiger partial charge >= 0.3 is 0 Å². The molecular weight excluding hydrogens is 246 g/mol. The molecule has 96 valence electrons. The fourth-order valence-electron chi connectivity index (χ4n) is 1.82. The van der Waals surface area contributed by atoms with Crippen molar-refractivity contribution in [2.45, 2.75) is 33.4 Å². The first-order valence-electron chi connectivity index (χ1n) is 6.10. The number of hydrogen-bond acceptors (Lipinski definition) is 4. The quantitative estimate of drug-likeness (QED) is 0.901. The first kappa shape index (κ1) is 12.8. The summed E-state index contributed by atoms with van der Waals surface area (Å²) in [6.45, 7) is 5.40. The van der Waals surface area contributed by atoms with E-state index in [-0.39, 0.29) is 5.56 Å². The van der Waals surface area contributed by atoms with E-state index >= 15 is 0 Å². The molecule has 0 saturated carbocycles. The van der Waals surface area contributed by atoms with Crippen LogP contribution >= 0.6 is 11.3 Å². The van der Waals surface area contributed by atoms with Gasteiger partial charge in [0.25, 0.3) is 5.56 Å². The summed E-state index contributed by atoms with van der Waals surface area (Å²) < 4.78 is 1.64. The van der Waals surface area contributed by atoms with Gasteiger partial charge in [0, 0.05) is 23.8 Å². The van der Waals surface area contributed by atoms with E-state index < -0.39 is 0 Å². The van der Waals surface area contributed by atoms with Crippen molar-refractivity contribution in [3.63, 3.8) is 0 Å². The Morgan fingerprint density at radius 3 is 3.00 bits per heavy atom. The summed E-state index contributed by atoms with van der Waals surface area (Å²) in [6.07, 6.45) is 4.38. The second kappa shape index (κ2) is 5.82. The number of nitrogens with one attached hydrogen (secondary N) is 1. The van der Waals surface area contributed by atoms with Crippen molar-refractivity contribution in [3.8, 4) is 0 Å². The van der Waals surface area contributed by atoms with Crippen LogP contribution in [-0.2, 0) is 19.5 Å². The highest BCUT2D eigenvalue weighted by atomic mass is 32.1. The summed E-state index contributed by atoms with van der Waals surface area (Å²) in [7, 11) is 0. The number of rotatable bonds is 5. The molecule has 0 amide bonds. The van der Waals surface area contributed by atoms with Gasteiger partial charge in [-0.15, -0.1) is 11.3 Å². The second-order valence-corrected chi connectivity index (χ2v) is 4.94. The molecule has 0 atom stereocenters. The Morgan fingerprint density at radius 1 is 1.44 bits per heavy atom. The molecule has 18 heavy (non-hydrogen) atoms. The van der Waals surface area contributed by atoms with Crippen LogP contribution in [0.25, 0.3) is 0 Å². The monoisotopic (exact) mass is 263 g/mol. The van der Waals surface area contributed by atoms with Gasteiger partial charge in [0.1, 0.15) is 0 Å². The Kier molecular flexibility index (Phi) is 4.15. The Labute approximate surface area is 110 Å². The fourth-order valence-corrected chi connectivity index (χ4v) is 2.73. The van der Waals surface area contributed by atoms with E-state index in [1.807, 2.05) is 6.92 Å². The predicted octanol–water partition coefficient (Wildman–Crippen LogP) is 2.50. The van der Waals surface area contributed by atoms with E-state index in [2.05, 4.69) is 28.7 Å². The van der Waals surface area contributed by atoms with Crippen molar-refractivity contribution < 1.29 is 0 Å². The minimum absolute atomic E-state index is 0.0606. The van der Waals surface area contributed by atoms with Gasteiger partial charge in [-0.25, -0.2) is 4.98 Å². The molecule has 0 aromatic carbocycles. The van der Waals surface area contributed by atoms with E-state index in [1.54, 1.807) is 28.3 Å². The lowest BCUT2D eigenvalue weighted by molar-refractivity contribution is 0.718. The second-order valence-electron chi connectivity index (χ2n) is 3.94. The predicted molar refractivity (Wildman–Crippen MR) is 75.2 cm³/mol. The third-order valence-electron chi connectivity index (χ3n) is 2.89. The third-order valence-corrected chi connectivity index (χ3v) is 3.85. The van der Waals surface area contributed by atoms with Gasteiger partial charge in [0.15, 0.2) is 5.82 Å². The zero-order valence-corrected chi connectivity index (χ0v) is 11.5. The van der Waals surface area contributed by atoms with Crippen LogP contribution in [0.4, 0.5) is 5.82 Å². The highest BCUT2D eigenvalue weighted by molar-refractivity contribution is 7.10. The fraction of sp³-hybridized carbons (Fsp3) is 0.385. The summed E-state index contributed by atoms with van der Waals surface area (Å²) in [5.41, 5.74) is 1.27. The molecule has 0 aliphatic rings. The Morgan fingerprint density at radius 2 is 2.28 bits per heavy atom. The highest BCUT2D eigenvalue weighted by Crippen LogP contribution is 2.17. The normalized spacial score (nSPS) is 10.6. The minimum Gasteiger partial charge on any atom is -0.361 e. The molecule has 0 aliphatic carbocycles. The van der Waals surface area contributed by atoms with Gasteiger partial charge in [-0.05, 0) is 30.4 Å². The van der Waals surface area contributed by atoms with Crippen molar-refractivity contribution in [1.82, 2.24) is 9.55 Å². The molecule has 0 aliphatic heterocycles. The van der Waals surface area contributed by atoms with Crippen molar-refractivity contribution in [2.24, 2.45) is 0 Å². The van der Waals surface area contributed by atoms with Crippen LogP contribution in [0.2, 0.25) is 0 Å². The smallest absolute Gasteiger partial charge is 0.293 e. The molecule has 2 aromatic heterocycles. The molecule has 0 radical (unpaired) electrons. The van der Waals surface area contributed by atoms with Crippen LogP contribution in [0.3, 0.4) is 0 Å². The van der Waals surface area contributed by atoms with Crippen LogP contribution in [0, 0.1) is 0 Å². The maximum atomic E-state index is 12.0. The number of thiophene rings is 1. The molecule has 0 spiro atoms. The Balaban J connectivity index is 2.14. The van der Waals surface area contributed by atoms with Gasteiger partial charge in [0.2, 0.25) is 0 Å². The molecule has 0 unspecified atom stereocenters. The van der Waals surface area contributed by atoms with E-state index in [0.29, 0.717) is 18.9 Å². The maximum Gasteiger partial charge on any atom is 0.293 e. The van der Waals surface area contributed by atoms with Crippen LogP contribution in [0.1, 0.15) is 24.3 Å². The van der Waals surface area contributed by atoms with E-state index in [1.165, 1.54) is 10.4 Å². The summed E-state index contributed by atoms with van der Waals surface area (Å²) in [4.78, 5) is 17.3. The SMILES string of the molecule is CCc1ccsc1CNc1nccn(CC)c1=O. The lowest BCUT2D eigenvalue weighted by Crippen LogP contribution is -2.23. The molecule has 2 heterocycles. The van der Waals surface area contributed by atoms with Gasteiger partial charge < -0.3 is 9.88 Å². The molecule has 0 bridgehead atoms. The maximum absolute atomic E-state index is 12.0. The summed E-state index contributed by atoms with van der Waals surface area (Å²) in [5.74, 6) is 0.426. The lowest BCUT2D eigenvalue weighted by Gasteiger charge is -2.07. The van der Waals surface area contributed by atoms with Crippen molar-refractivity contribution in [1.29, 1.82) is 0 Å². The highest BCUT2D eigenvalue weighted by Gasteiger charge is 2.06. The number of hydrogen-bond donors (Lipinski definition) is 1. The van der Waals surface area contributed by atoms with Crippen LogP contribution in [0.15, 0.2) is 28.6 Å². The van der Waals surface area contributed by atoms with Crippen LogP contribution in [0.5, 0.6) is 0 Å². The van der Waals surface area contributed by atoms with Crippen molar-refractivity contribution in [3.05, 3.63) is 44.6 Å². The van der Waals surface area contributed by atoms with E-state index in [9.17, 15) is 4.79 Å². The van der Waals surface area contributed by atoms with E-state index in [4.69, 9.17) is 0 Å². The summed E-state index contributed by atoms with van der Waals surface area (Å²) in [5, 5.41) is 5.21. The molecule has 2 aromatic rings. The molecule has 4 nitrogen and oxygen atoms in total. The topological polar surface area (TPSA) is 46.9 Å². The Hall–Kier alpha value is -1.62. The standard InChI is InChI=1S/C13H17N3OS/c1-3-10-5-8-18-11(10)9-15-12-13(17)16(4-2)7-6-14-12/h5-8H,3-4,9H2,1-2H3,(H,14,15). The zero-order valence-electron chi connectivity index (χ0n) is 10.6. The molecular formula is C13H17N3OS. The Bertz CT molecular complexity index is 574. The number of aryl methyl sites for hydroxylation is 2. The number of aromatic nitrogens is 2. The van der Waals surface area contributed by atoms with Crippen molar-refractivity contribution in [2.75, 3.05) is 5.32 Å². The number of nitrogens with zero attached hydrogens (tertiary/aromatic N) is 2. The number of anilines is 1. The first-order chi connectivity index (χ1) is 8.76. The van der Waals surface area contributed by atoms with Gasteiger partial charge in [-0.3, -0.25) is 4.79 Å². The van der Waals surface area contributed by atoms with Gasteiger partial charge in [-0.1, -0.05) is 6.92 Å². The molecule has 2 rings (SSSR count). The van der Waals surface area contributed by atoms with Gasteiger partial charge in [-0.2, -0.15) is 0 Å². The zero-order chi connectivity index (χ0) is 13.0. The molecule has 5 heteroatoms. The van der Waals surface area contributed by atoms with Crippen LogP contribution in [-0.4, -0.2) is 9.55 Å². The summed E-state index contributed by atoms with van der Waals surface area (Å²) >= 11 is 1.71. The van der Waals surface area contributed by atoms with E-state index in [0.717, 1.165) is 6.42 Å². The molecule has 0 saturated heterocycles. The molecule has 1 N–H and O–H groups in total. The lowest BCUT2D eigenvalue weighted by atomic mass is 10.2. The third kappa shape index (κ3) is 2.61. The van der Waals surface area contributed by atoms with Crippen LogP contribution < -0.4 is 10.9 Å². The first-order valence-corrected chi connectivity index (χ1v) is 6.98. The minimum atomic E-state index is -0.0606. The largest absolute Gasteiger partial charge is 0.361 e. The van der Waals surface area contributed by atoms with Gasteiger partial charge in [0.05, 0.1) is 6.54 Å². The average molecular weight is 263 g/mol. The van der Waals surface area contributed by atoms with Crippen molar-refractivity contribution >= 4 is 17.2 Å². The summed E-state index contributed by atoms with van der Waals surface area (Å²) in [6, 6.07) is 2.13.